The fraction of sp³-hybridized carbons (Fsp3) is 0.900. The maximum absolute atomic E-state index is 11.4. The number of hydrogen-bond donors (Lipinski definition) is 1. The smallest absolute Gasteiger partial charge is 0.234 e. The molecule has 1 aliphatic rings. The van der Waals surface area contributed by atoms with Gasteiger partial charge in [-0.2, -0.15) is 0 Å². The van der Waals surface area contributed by atoms with Crippen LogP contribution in [0.4, 0.5) is 0 Å². The maximum Gasteiger partial charge on any atom is 0.234 e. The number of carbonyl (C=O) groups is 1. The zero-order valence-corrected chi connectivity index (χ0v) is 9.77. The molecule has 1 aliphatic carbocycles. The third-order valence-electron chi connectivity index (χ3n) is 3.03. The van der Waals surface area contributed by atoms with Crippen molar-refractivity contribution in [3.63, 3.8) is 0 Å². The van der Waals surface area contributed by atoms with Gasteiger partial charge < -0.3 is 5.73 Å². The first-order valence-electron chi connectivity index (χ1n) is 5.10. The summed E-state index contributed by atoms with van der Waals surface area (Å²) < 4.78 is -0.418. The van der Waals surface area contributed by atoms with Crippen LogP contribution in [0.2, 0.25) is 0 Å². The molecule has 2 nitrogen and oxygen atoms in total. The van der Waals surface area contributed by atoms with Crippen LogP contribution in [0.1, 0.15) is 45.4 Å². The van der Waals surface area contributed by atoms with E-state index in [1.165, 1.54) is 12.8 Å². The number of nitrogens with two attached hydrogens (primary N) is 1. The van der Waals surface area contributed by atoms with Gasteiger partial charge >= 0.3 is 0 Å². The molecule has 0 saturated heterocycles. The van der Waals surface area contributed by atoms with Crippen LogP contribution in [0, 0.1) is 5.92 Å². The number of alkyl halides is 1. The van der Waals surface area contributed by atoms with E-state index in [1.54, 1.807) is 0 Å². The Labute approximate surface area is 88.4 Å². The predicted molar refractivity (Wildman–Crippen MR) is 57.7 cm³/mol. The SMILES string of the molecule is CCCC(Br)(C(N)=O)C1CCCC1. The van der Waals surface area contributed by atoms with Crippen molar-refractivity contribution in [2.75, 3.05) is 0 Å². The van der Waals surface area contributed by atoms with E-state index in [-0.39, 0.29) is 5.91 Å². The van der Waals surface area contributed by atoms with E-state index < -0.39 is 4.32 Å². The van der Waals surface area contributed by atoms with Crippen LogP contribution in [0.15, 0.2) is 0 Å². The predicted octanol–water partition coefficient (Wildman–Crippen LogP) is 2.60. The Bertz CT molecular complexity index is 189. The largest absolute Gasteiger partial charge is 0.368 e. The monoisotopic (exact) mass is 247 g/mol. The number of rotatable bonds is 4. The number of primary amides is 1. The molecule has 1 saturated carbocycles. The van der Waals surface area contributed by atoms with Crippen LogP contribution < -0.4 is 5.73 Å². The molecule has 0 bridgehead atoms. The first kappa shape index (κ1) is 11.0. The standard InChI is InChI=1S/C10H18BrNO/c1-2-7-10(11,9(12)13)8-5-3-4-6-8/h8H,2-7H2,1H3,(H2,12,13). The van der Waals surface area contributed by atoms with Gasteiger partial charge in [-0.3, -0.25) is 4.79 Å². The van der Waals surface area contributed by atoms with Gasteiger partial charge in [0.05, 0.1) is 0 Å². The second-order valence-electron chi connectivity index (χ2n) is 3.96. The normalized spacial score (nSPS) is 22.9. The van der Waals surface area contributed by atoms with E-state index in [9.17, 15) is 4.79 Å². The van der Waals surface area contributed by atoms with E-state index in [2.05, 4.69) is 22.9 Å². The van der Waals surface area contributed by atoms with E-state index in [0.717, 1.165) is 25.7 Å². The van der Waals surface area contributed by atoms with Crippen molar-refractivity contribution in [2.24, 2.45) is 11.7 Å². The third-order valence-corrected chi connectivity index (χ3v) is 4.46. The first-order valence-corrected chi connectivity index (χ1v) is 5.89. The van der Waals surface area contributed by atoms with E-state index >= 15 is 0 Å². The van der Waals surface area contributed by atoms with Crippen LogP contribution in [0.5, 0.6) is 0 Å². The molecule has 13 heavy (non-hydrogen) atoms. The van der Waals surface area contributed by atoms with E-state index in [1.807, 2.05) is 0 Å². The van der Waals surface area contributed by atoms with Gasteiger partial charge in [-0.05, 0) is 25.2 Å². The van der Waals surface area contributed by atoms with Crippen LogP contribution in [-0.2, 0) is 4.79 Å². The first-order chi connectivity index (χ1) is 6.11. The number of halogens is 1. The highest BCUT2D eigenvalue weighted by atomic mass is 79.9. The van der Waals surface area contributed by atoms with Crippen molar-refractivity contribution in [2.45, 2.75) is 49.8 Å². The summed E-state index contributed by atoms with van der Waals surface area (Å²) in [5.41, 5.74) is 5.45. The summed E-state index contributed by atoms with van der Waals surface area (Å²) in [6.45, 7) is 2.09. The highest BCUT2D eigenvalue weighted by Gasteiger charge is 2.41. The second kappa shape index (κ2) is 4.45. The molecule has 2 N–H and O–H groups in total. The molecule has 0 radical (unpaired) electrons. The lowest BCUT2D eigenvalue weighted by Crippen LogP contribution is -2.43. The van der Waals surface area contributed by atoms with Crippen molar-refractivity contribution in [1.29, 1.82) is 0 Å². The minimum absolute atomic E-state index is 0.179. The lowest BCUT2D eigenvalue weighted by atomic mass is 9.86. The Morgan fingerprint density at radius 3 is 2.46 bits per heavy atom. The fourth-order valence-electron chi connectivity index (χ4n) is 2.28. The number of carbonyl (C=O) groups excluding carboxylic acids is 1. The summed E-state index contributed by atoms with van der Waals surface area (Å²) in [4.78, 5) is 11.4. The van der Waals surface area contributed by atoms with Crippen molar-refractivity contribution < 1.29 is 4.79 Å². The molecule has 76 valence electrons. The molecule has 0 heterocycles. The highest BCUT2D eigenvalue weighted by Crippen LogP contribution is 2.42. The summed E-state index contributed by atoms with van der Waals surface area (Å²) in [6.07, 6.45) is 6.66. The zero-order chi connectivity index (χ0) is 9.90. The molecule has 0 spiro atoms. The Morgan fingerprint density at radius 1 is 1.54 bits per heavy atom. The molecule has 3 heteroatoms. The average molecular weight is 248 g/mol. The summed E-state index contributed by atoms with van der Waals surface area (Å²) in [7, 11) is 0. The summed E-state index contributed by atoms with van der Waals surface area (Å²) in [5, 5.41) is 0. The van der Waals surface area contributed by atoms with Gasteiger partial charge in [0.25, 0.3) is 0 Å². The van der Waals surface area contributed by atoms with Gasteiger partial charge in [-0.15, -0.1) is 0 Å². The number of amides is 1. The van der Waals surface area contributed by atoms with Crippen molar-refractivity contribution in [3.05, 3.63) is 0 Å². The molecule has 1 rings (SSSR count). The summed E-state index contributed by atoms with van der Waals surface area (Å²) in [5.74, 6) is 0.284. The molecule has 1 amide bonds. The van der Waals surface area contributed by atoms with E-state index in [4.69, 9.17) is 5.73 Å². The Balaban J connectivity index is 2.69. The third kappa shape index (κ3) is 2.25. The van der Waals surface area contributed by atoms with Gasteiger partial charge in [0.15, 0.2) is 0 Å². The van der Waals surface area contributed by atoms with Crippen molar-refractivity contribution >= 4 is 21.8 Å². The lowest BCUT2D eigenvalue weighted by Gasteiger charge is -2.29. The van der Waals surface area contributed by atoms with Crippen LogP contribution in [0.25, 0.3) is 0 Å². The van der Waals surface area contributed by atoms with Crippen LogP contribution in [-0.4, -0.2) is 10.2 Å². The van der Waals surface area contributed by atoms with Gasteiger partial charge in [0, 0.05) is 0 Å². The Morgan fingerprint density at radius 2 is 2.08 bits per heavy atom. The molecule has 1 atom stereocenters. The van der Waals surface area contributed by atoms with E-state index in [0.29, 0.717) is 5.92 Å². The summed E-state index contributed by atoms with van der Waals surface area (Å²) >= 11 is 3.56. The summed E-state index contributed by atoms with van der Waals surface area (Å²) in [6, 6.07) is 0. The maximum atomic E-state index is 11.4. The van der Waals surface area contributed by atoms with Gasteiger partial charge in [-0.1, -0.05) is 42.1 Å². The van der Waals surface area contributed by atoms with Crippen molar-refractivity contribution in [1.82, 2.24) is 0 Å². The highest BCUT2D eigenvalue weighted by molar-refractivity contribution is 9.10. The second-order valence-corrected chi connectivity index (χ2v) is 5.37. The molecule has 1 unspecified atom stereocenters. The van der Waals surface area contributed by atoms with Gasteiger partial charge in [-0.25, -0.2) is 0 Å². The van der Waals surface area contributed by atoms with Crippen LogP contribution >= 0.6 is 15.9 Å². The van der Waals surface area contributed by atoms with Crippen LogP contribution in [0.3, 0.4) is 0 Å². The topological polar surface area (TPSA) is 43.1 Å². The molecule has 0 aliphatic heterocycles. The quantitative estimate of drug-likeness (QED) is 0.763. The minimum Gasteiger partial charge on any atom is -0.368 e. The zero-order valence-electron chi connectivity index (χ0n) is 8.18. The lowest BCUT2D eigenvalue weighted by molar-refractivity contribution is -0.121. The Kier molecular flexibility index (Phi) is 3.77. The average Bonchev–Trinajstić information content (AvgIpc) is 2.56. The Hall–Kier alpha value is -0.0500. The van der Waals surface area contributed by atoms with Gasteiger partial charge in [0.2, 0.25) is 5.91 Å². The fourth-order valence-corrected chi connectivity index (χ4v) is 3.13. The molecular formula is C10H18BrNO. The molecule has 1 fully saturated rings. The molecule has 0 aromatic carbocycles. The van der Waals surface area contributed by atoms with Crippen molar-refractivity contribution in [3.8, 4) is 0 Å². The minimum atomic E-state index is -0.418. The molecule has 0 aromatic rings. The number of hydrogen-bond acceptors (Lipinski definition) is 1. The molecule has 0 aromatic heterocycles. The molecular weight excluding hydrogens is 230 g/mol. The van der Waals surface area contributed by atoms with Gasteiger partial charge in [0.1, 0.15) is 4.32 Å².